The number of hydrogen-bond donors (Lipinski definition) is 1. The minimum atomic E-state index is 0.525. The van der Waals surface area contributed by atoms with E-state index >= 15 is 0 Å². The lowest BCUT2D eigenvalue weighted by Gasteiger charge is -2.24. The van der Waals surface area contributed by atoms with Crippen molar-refractivity contribution in [1.82, 2.24) is 5.48 Å². The first-order valence-corrected chi connectivity index (χ1v) is 3.82. The average molecular weight is 129 g/mol. The maximum Gasteiger partial charge on any atom is 0.0790 e. The minimum absolute atomic E-state index is 0.525. The number of rotatable bonds is 4. The summed E-state index contributed by atoms with van der Waals surface area (Å²) in [5, 5.41) is 0. The molecule has 54 valence electrons. The van der Waals surface area contributed by atoms with Gasteiger partial charge < -0.3 is 0 Å². The summed E-state index contributed by atoms with van der Waals surface area (Å²) in [4.78, 5) is 5.27. The Morgan fingerprint density at radius 1 is 1.56 bits per heavy atom. The molecule has 1 N–H and O–H groups in total. The van der Waals surface area contributed by atoms with Gasteiger partial charge >= 0.3 is 0 Å². The van der Waals surface area contributed by atoms with Crippen LogP contribution >= 0.6 is 0 Å². The van der Waals surface area contributed by atoms with E-state index in [1.807, 2.05) is 0 Å². The van der Waals surface area contributed by atoms with Gasteiger partial charge in [-0.05, 0) is 25.7 Å². The van der Waals surface area contributed by atoms with Crippen molar-refractivity contribution in [2.24, 2.45) is 0 Å². The van der Waals surface area contributed by atoms with Crippen LogP contribution in [0.5, 0.6) is 0 Å². The van der Waals surface area contributed by atoms with Crippen LogP contribution in [-0.4, -0.2) is 12.6 Å². The van der Waals surface area contributed by atoms with Crippen molar-refractivity contribution < 1.29 is 4.84 Å². The zero-order valence-electron chi connectivity index (χ0n) is 6.02. The van der Waals surface area contributed by atoms with E-state index in [1.165, 1.54) is 19.3 Å². The van der Waals surface area contributed by atoms with Gasteiger partial charge in [0.05, 0.1) is 6.10 Å². The molecule has 0 amide bonds. The third-order valence-corrected chi connectivity index (χ3v) is 1.65. The summed E-state index contributed by atoms with van der Waals surface area (Å²) in [6.07, 6.45) is 5.51. The molecule has 9 heavy (non-hydrogen) atoms. The zero-order chi connectivity index (χ0) is 6.53. The second kappa shape index (κ2) is 3.85. The zero-order valence-corrected chi connectivity index (χ0v) is 6.02. The molecule has 1 fully saturated rings. The van der Waals surface area contributed by atoms with Gasteiger partial charge in [0, 0.05) is 6.54 Å². The fourth-order valence-electron chi connectivity index (χ4n) is 0.767. The van der Waals surface area contributed by atoms with Gasteiger partial charge in [0.1, 0.15) is 0 Å². The average Bonchev–Trinajstić information content (AvgIpc) is 1.76. The van der Waals surface area contributed by atoms with Crippen LogP contribution in [0.15, 0.2) is 0 Å². The lowest BCUT2D eigenvalue weighted by Crippen LogP contribution is -2.29. The summed E-state index contributed by atoms with van der Waals surface area (Å²) in [6.45, 7) is 3.12. The fourth-order valence-corrected chi connectivity index (χ4v) is 0.767. The van der Waals surface area contributed by atoms with E-state index < -0.39 is 0 Å². The predicted molar refractivity (Wildman–Crippen MR) is 37.0 cm³/mol. The van der Waals surface area contributed by atoms with Crippen molar-refractivity contribution in [1.29, 1.82) is 0 Å². The molecule has 0 atom stereocenters. The molecule has 0 aromatic rings. The molecule has 0 radical (unpaired) electrons. The molecule has 0 unspecified atom stereocenters. The van der Waals surface area contributed by atoms with E-state index in [4.69, 9.17) is 4.84 Å². The Balaban J connectivity index is 1.80. The molecule has 0 aliphatic heterocycles. The third kappa shape index (κ3) is 2.33. The lowest BCUT2D eigenvalue weighted by molar-refractivity contribution is -0.0626. The van der Waals surface area contributed by atoms with Crippen LogP contribution in [0.3, 0.4) is 0 Å². The Morgan fingerprint density at radius 3 is 2.78 bits per heavy atom. The summed E-state index contributed by atoms with van der Waals surface area (Å²) >= 11 is 0. The Bertz CT molecular complexity index is 71.3. The van der Waals surface area contributed by atoms with Gasteiger partial charge in [0.2, 0.25) is 0 Å². The number of nitrogens with one attached hydrogen (secondary N) is 1. The second-order valence-electron chi connectivity index (χ2n) is 2.57. The smallest absolute Gasteiger partial charge is 0.0790 e. The summed E-state index contributed by atoms with van der Waals surface area (Å²) in [5.41, 5.74) is 2.94. The first-order valence-electron chi connectivity index (χ1n) is 3.82. The van der Waals surface area contributed by atoms with Gasteiger partial charge in [-0.2, -0.15) is 0 Å². The normalized spacial score (nSPS) is 19.7. The lowest BCUT2D eigenvalue weighted by atomic mass is 9.97. The highest BCUT2D eigenvalue weighted by molar-refractivity contribution is 4.67. The van der Waals surface area contributed by atoms with Crippen molar-refractivity contribution in [2.75, 3.05) is 6.54 Å². The minimum Gasteiger partial charge on any atom is -0.299 e. The van der Waals surface area contributed by atoms with E-state index in [-0.39, 0.29) is 0 Å². The molecule has 2 heteroatoms. The van der Waals surface area contributed by atoms with Gasteiger partial charge in [0.15, 0.2) is 0 Å². The number of hydroxylamine groups is 1. The maximum atomic E-state index is 5.27. The van der Waals surface area contributed by atoms with Crippen LogP contribution in [0.1, 0.15) is 32.6 Å². The molecule has 0 bridgehead atoms. The molecule has 0 aromatic heterocycles. The van der Waals surface area contributed by atoms with E-state index in [0.717, 1.165) is 13.0 Å². The molecule has 1 rings (SSSR count). The summed E-state index contributed by atoms with van der Waals surface area (Å²) in [6, 6.07) is 0. The molecule has 0 spiro atoms. The fraction of sp³-hybridized carbons (Fsp3) is 1.00. The first kappa shape index (κ1) is 7.03. The highest BCUT2D eigenvalue weighted by atomic mass is 16.7. The molecular weight excluding hydrogens is 114 g/mol. The van der Waals surface area contributed by atoms with Crippen molar-refractivity contribution in [3.05, 3.63) is 0 Å². The Morgan fingerprint density at radius 2 is 2.33 bits per heavy atom. The molecule has 1 saturated carbocycles. The SMILES string of the molecule is CCCNOC1CCC1. The van der Waals surface area contributed by atoms with Crippen LogP contribution in [-0.2, 0) is 4.84 Å². The molecule has 1 aliphatic rings. The molecule has 0 heterocycles. The van der Waals surface area contributed by atoms with E-state index in [0.29, 0.717) is 6.10 Å². The largest absolute Gasteiger partial charge is 0.299 e. The summed E-state index contributed by atoms with van der Waals surface area (Å²) in [7, 11) is 0. The topological polar surface area (TPSA) is 21.3 Å². The molecule has 0 saturated heterocycles. The molecular formula is C7H15NO. The van der Waals surface area contributed by atoms with E-state index in [9.17, 15) is 0 Å². The van der Waals surface area contributed by atoms with Gasteiger partial charge in [-0.25, -0.2) is 5.48 Å². The Kier molecular flexibility index (Phi) is 3.01. The van der Waals surface area contributed by atoms with Crippen LogP contribution in [0.2, 0.25) is 0 Å². The van der Waals surface area contributed by atoms with Gasteiger partial charge in [-0.3, -0.25) is 4.84 Å². The second-order valence-corrected chi connectivity index (χ2v) is 2.57. The van der Waals surface area contributed by atoms with Crippen LogP contribution in [0.4, 0.5) is 0 Å². The predicted octanol–water partition coefficient (Wildman–Crippen LogP) is 1.47. The van der Waals surface area contributed by atoms with Gasteiger partial charge in [0.25, 0.3) is 0 Å². The van der Waals surface area contributed by atoms with Crippen molar-refractivity contribution in [3.8, 4) is 0 Å². The summed E-state index contributed by atoms with van der Waals surface area (Å²) in [5.74, 6) is 0. The first-order chi connectivity index (χ1) is 4.43. The quantitative estimate of drug-likeness (QED) is 0.458. The Labute approximate surface area is 56.5 Å². The molecule has 0 aromatic carbocycles. The van der Waals surface area contributed by atoms with Gasteiger partial charge in [-0.1, -0.05) is 6.92 Å². The standard InChI is InChI=1S/C7H15NO/c1-2-6-8-9-7-4-3-5-7/h7-8H,2-6H2,1H3. The van der Waals surface area contributed by atoms with Gasteiger partial charge in [-0.15, -0.1) is 0 Å². The van der Waals surface area contributed by atoms with E-state index in [2.05, 4.69) is 12.4 Å². The molecule has 1 aliphatic carbocycles. The molecule has 2 nitrogen and oxygen atoms in total. The highest BCUT2D eigenvalue weighted by Crippen LogP contribution is 2.20. The number of hydrogen-bond acceptors (Lipinski definition) is 2. The van der Waals surface area contributed by atoms with Crippen molar-refractivity contribution in [2.45, 2.75) is 38.7 Å². The highest BCUT2D eigenvalue weighted by Gasteiger charge is 2.17. The third-order valence-electron chi connectivity index (χ3n) is 1.65. The monoisotopic (exact) mass is 129 g/mol. The van der Waals surface area contributed by atoms with Crippen LogP contribution in [0.25, 0.3) is 0 Å². The van der Waals surface area contributed by atoms with Crippen molar-refractivity contribution >= 4 is 0 Å². The van der Waals surface area contributed by atoms with Crippen LogP contribution < -0.4 is 5.48 Å². The summed E-state index contributed by atoms with van der Waals surface area (Å²) < 4.78 is 0. The van der Waals surface area contributed by atoms with Crippen LogP contribution in [0, 0.1) is 0 Å². The van der Waals surface area contributed by atoms with E-state index in [1.54, 1.807) is 0 Å². The van der Waals surface area contributed by atoms with Crippen molar-refractivity contribution in [3.63, 3.8) is 0 Å². The maximum absolute atomic E-state index is 5.27. The Hall–Kier alpha value is -0.0800.